The molecule has 0 N–H and O–H groups in total. The number of aromatic nitrogens is 2. The van der Waals surface area contributed by atoms with Crippen molar-refractivity contribution in [2.45, 2.75) is 11.8 Å². The van der Waals surface area contributed by atoms with Crippen molar-refractivity contribution in [1.29, 1.82) is 5.26 Å². The van der Waals surface area contributed by atoms with Gasteiger partial charge in [0.25, 0.3) is 5.69 Å². The van der Waals surface area contributed by atoms with Crippen LogP contribution in [0.15, 0.2) is 59.5 Å². The standard InChI is InChI=1S/C23H20N6O4S/c1-16-14-22(28-19-7-3-2-6-18(19)25-23(28)17(16)15-24)26-10-12-27(13-11-26)34(32,33)21-9-5-4-8-20(21)29(30)31/h2-9,14H,10-13H2,1H3. The fourth-order valence-corrected chi connectivity index (χ4v) is 6.01. The molecular formula is C23H20N6O4S. The number of anilines is 1. The third-order valence-corrected chi connectivity index (χ3v) is 8.05. The third kappa shape index (κ3) is 3.35. The molecule has 1 saturated heterocycles. The second-order valence-corrected chi connectivity index (χ2v) is 9.95. The Hall–Kier alpha value is -4.01. The number of pyridine rings is 1. The molecule has 0 aliphatic carbocycles. The number of nitriles is 1. The lowest BCUT2D eigenvalue weighted by molar-refractivity contribution is -0.387. The minimum Gasteiger partial charge on any atom is -0.355 e. The summed E-state index contributed by atoms with van der Waals surface area (Å²) in [5.74, 6) is 0.822. The number of nitro groups is 1. The Bertz CT molecular complexity index is 1600. The van der Waals surface area contributed by atoms with Crippen molar-refractivity contribution in [2.75, 3.05) is 31.1 Å². The average molecular weight is 477 g/mol. The van der Waals surface area contributed by atoms with Gasteiger partial charge < -0.3 is 4.90 Å². The first-order valence-electron chi connectivity index (χ1n) is 10.6. The number of fused-ring (bicyclic) bond motifs is 3. The van der Waals surface area contributed by atoms with E-state index in [1.165, 1.54) is 28.6 Å². The highest BCUT2D eigenvalue weighted by Gasteiger charge is 2.34. The van der Waals surface area contributed by atoms with Gasteiger partial charge in [-0.1, -0.05) is 24.3 Å². The Kier molecular flexibility index (Phi) is 5.19. The molecule has 0 radical (unpaired) electrons. The molecule has 0 spiro atoms. The molecule has 10 nitrogen and oxygen atoms in total. The lowest BCUT2D eigenvalue weighted by atomic mass is 10.1. The van der Waals surface area contributed by atoms with Gasteiger partial charge in [-0.3, -0.25) is 14.5 Å². The first kappa shape index (κ1) is 21.8. The second kappa shape index (κ2) is 8.09. The van der Waals surface area contributed by atoms with E-state index < -0.39 is 20.6 Å². The van der Waals surface area contributed by atoms with Gasteiger partial charge in [-0.25, -0.2) is 13.4 Å². The highest BCUT2D eigenvalue weighted by atomic mass is 32.2. The van der Waals surface area contributed by atoms with E-state index in [0.717, 1.165) is 22.4 Å². The summed E-state index contributed by atoms with van der Waals surface area (Å²) in [5, 5.41) is 21.1. The fourth-order valence-electron chi connectivity index (χ4n) is 4.43. The van der Waals surface area contributed by atoms with E-state index in [9.17, 15) is 23.8 Å². The lowest BCUT2D eigenvalue weighted by Crippen LogP contribution is -2.49. The first-order valence-corrected chi connectivity index (χ1v) is 12.1. The molecule has 0 atom stereocenters. The molecule has 1 aliphatic heterocycles. The summed E-state index contributed by atoms with van der Waals surface area (Å²) in [6, 6.07) is 17.2. The maximum Gasteiger partial charge on any atom is 0.289 e. The van der Waals surface area contributed by atoms with Crippen LogP contribution in [-0.2, 0) is 10.0 Å². The zero-order chi connectivity index (χ0) is 24.0. The number of piperazine rings is 1. The molecule has 0 saturated carbocycles. The Morgan fingerprint density at radius 2 is 1.74 bits per heavy atom. The summed E-state index contributed by atoms with van der Waals surface area (Å²) in [6.07, 6.45) is 0. The Labute approximate surface area is 195 Å². The number of imidazole rings is 1. The van der Waals surface area contributed by atoms with E-state index in [4.69, 9.17) is 0 Å². The van der Waals surface area contributed by atoms with Gasteiger partial charge in [0, 0.05) is 32.2 Å². The zero-order valence-corrected chi connectivity index (χ0v) is 19.1. The lowest BCUT2D eigenvalue weighted by Gasteiger charge is -2.35. The van der Waals surface area contributed by atoms with Gasteiger partial charge in [0.15, 0.2) is 10.5 Å². The molecule has 0 amide bonds. The van der Waals surface area contributed by atoms with Crippen molar-refractivity contribution in [2.24, 2.45) is 0 Å². The van der Waals surface area contributed by atoms with Crippen LogP contribution in [-0.4, -0.2) is 53.2 Å². The molecule has 172 valence electrons. The monoisotopic (exact) mass is 476 g/mol. The maximum atomic E-state index is 13.2. The smallest absolute Gasteiger partial charge is 0.289 e. The Morgan fingerprint density at radius 3 is 2.44 bits per heavy atom. The molecule has 1 fully saturated rings. The second-order valence-electron chi connectivity index (χ2n) is 8.05. The first-order chi connectivity index (χ1) is 16.3. The van der Waals surface area contributed by atoms with Crippen molar-refractivity contribution < 1.29 is 13.3 Å². The Morgan fingerprint density at radius 1 is 1.06 bits per heavy atom. The van der Waals surface area contributed by atoms with Gasteiger partial charge in [0.2, 0.25) is 10.0 Å². The van der Waals surface area contributed by atoms with E-state index >= 15 is 0 Å². The van der Waals surface area contributed by atoms with E-state index in [-0.39, 0.29) is 18.0 Å². The molecule has 1 aliphatic rings. The number of aryl methyl sites for hydroxylation is 1. The maximum absolute atomic E-state index is 13.2. The van der Waals surface area contributed by atoms with Crippen LogP contribution in [0.1, 0.15) is 11.1 Å². The van der Waals surface area contributed by atoms with Crippen molar-refractivity contribution >= 4 is 38.2 Å². The number of rotatable bonds is 4. The summed E-state index contributed by atoms with van der Waals surface area (Å²) in [5.41, 5.74) is 3.04. The highest BCUT2D eigenvalue weighted by Crippen LogP contribution is 2.31. The number of nitrogens with zero attached hydrogens (tertiary/aromatic N) is 6. The molecule has 3 heterocycles. The Balaban J connectivity index is 1.51. The van der Waals surface area contributed by atoms with E-state index in [2.05, 4.69) is 16.0 Å². The van der Waals surface area contributed by atoms with Crippen molar-refractivity contribution in [1.82, 2.24) is 13.7 Å². The van der Waals surface area contributed by atoms with Crippen LogP contribution in [0, 0.1) is 28.4 Å². The predicted molar refractivity (Wildman–Crippen MR) is 126 cm³/mol. The van der Waals surface area contributed by atoms with Gasteiger partial charge in [-0.05, 0) is 36.8 Å². The van der Waals surface area contributed by atoms with Crippen LogP contribution >= 0.6 is 0 Å². The number of para-hydroxylation sites is 3. The van der Waals surface area contributed by atoms with E-state index in [0.29, 0.717) is 24.3 Å². The molecule has 11 heteroatoms. The topological polar surface area (TPSA) is 125 Å². The number of benzene rings is 2. The van der Waals surface area contributed by atoms with Gasteiger partial charge in [0.05, 0.1) is 21.5 Å². The molecule has 34 heavy (non-hydrogen) atoms. The zero-order valence-electron chi connectivity index (χ0n) is 18.2. The molecular weight excluding hydrogens is 456 g/mol. The number of sulfonamides is 1. The third-order valence-electron chi connectivity index (χ3n) is 6.11. The van der Waals surface area contributed by atoms with Crippen molar-refractivity contribution in [3.05, 3.63) is 75.8 Å². The molecule has 4 aromatic rings. The van der Waals surface area contributed by atoms with Crippen LogP contribution in [0.5, 0.6) is 0 Å². The normalized spacial score (nSPS) is 15.0. The van der Waals surface area contributed by atoms with Crippen LogP contribution in [0.25, 0.3) is 16.7 Å². The van der Waals surface area contributed by atoms with E-state index in [1.807, 2.05) is 41.7 Å². The molecule has 2 aromatic carbocycles. The van der Waals surface area contributed by atoms with Crippen molar-refractivity contribution in [3.8, 4) is 6.07 Å². The van der Waals surface area contributed by atoms with Crippen LogP contribution in [0.4, 0.5) is 11.5 Å². The summed E-state index contributed by atoms with van der Waals surface area (Å²) < 4.78 is 29.6. The minimum absolute atomic E-state index is 0.168. The van der Waals surface area contributed by atoms with E-state index in [1.54, 1.807) is 0 Å². The quantitative estimate of drug-likeness (QED) is 0.327. The van der Waals surface area contributed by atoms with Gasteiger partial charge in [0.1, 0.15) is 11.9 Å². The van der Waals surface area contributed by atoms with Gasteiger partial charge >= 0.3 is 0 Å². The summed E-state index contributed by atoms with van der Waals surface area (Å²) in [7, 11) is -4.03. The van der Waals surface area contributed by atoms with Crippen LogP contribution in [0.2, 0.25) is 0 Å². The number of hydrogen-bond acceptors (Lipinski definition) is 7. The average Bonchev–Trinajstić information content (AvgIpc) is 3.23. The number of nitro benzene ring substituents is 1. The SMILES string of the molecule is Cc1cc(N2CCN(S(=O)(=O)c3ccccc3[N+](=O)[O-])CC2)n2c(nc3ccccc32)c1C#N. The fraction of sp³-hybridized carbons (Fsp3) is 0.217. The molecule has 0 bridgehead atoms. The largest absolute Gasteiger partial charge is 0.355 e. The molecule has 5 rings (SSSR count). The highest BCUT2D eigenvalue weighted by molar-refractivity contribution is 7.89. The van der Waals surface area contributed by atoms with Gasteiger partial charge in [-0.2, -0.15) is 9.57 Å². The summed E-state index contributed by atoms with van der Waals surface area (Å²) in [4.78, 5) is 17.1. The van der Waals surface area contributed by atoms with Crippen molar-refractivity contribution in [3.63, 3.8) is 0 Å². The molecule has 2 aromatic heterocycles. The van der Waals surface area contributed by atoms with Crippen LogP contribution < -0.4 is 4.90 Å². The summed E-state index contributed by atoms with van der Waals surface area (Å²) in [6.45, 7) is 2.96. The predicted octanol–water partition coefficient (Wildman–Crippen LogP) is 3.09. The molecule has 0 unspecified atom stereocenters. The minimum atomic E-state index is -4.03. The summed E-state index contributed by atoms with van der Waals surface area (Å²) >= 11 is 0. The van der Waals surface area contributed by atoms with Crippen LogP contribution in [0.3, 0.4) is 0 Å². The number of hydrogen-bond donors (Lipinski definition) is 0. The van der Waals surface area contributed by atoms with Gasteiger partial charge in [-0.15, -0.1) is 0 Å².